The first kappa shape index (κ1) is 12.9. The van der Waals surface area contributed by atoms with Gasteiger partial charge in [-0.2, -0.15) is 0 Å². The molecule has 0 aliphatic rings. The lowest BCUT2D eigenvalue weighted by Crippen LogP contribution is -2.14. The first-order valence-corrected chi connectivity index (χ1v) is 5.33. The highest BCUT2D eigenvalue weighted by atomic mass is 35.5. The first-order chi connectivity index (χ1) is 7.56. The predicted octanol–water partition coefficient (Wildman–Crippen LogP) is 1.99. The number of nitro groups is 1. The van der Waals surface area contributed by atoms with Crippen molar-refractivity contribution in [3.8, 4) is 0 Å². The number of nitrogens with zero attached hydrogens (tertiary/aromatic N) is 1. The molecule has 0 amide bonds. The molecule has 5 nitrogen and oxygen atoms in total. The van der Waals surface area contributed by atoms with Crippen molar-refractivity contribution >= 4 is 17.3 Å². The Labute approximate surface area is 98.5 Å². The van der Waals surface area contributed by atoms with E-state index in [1.165, 1.54) is 12.1 Å². The van der Waals surface area contributed by atoms with Crippen LogP contribution in [0.4, 0.5) is 5.69 Å². The number of halogens is 1. The quantitative estimate of drug-likeness (QED) is 0.611. The second kappa shape index (κ2) is 5.79. The van der Waals surface area contributed by atoms with Crippen LogP contribution in [0.15, 0.2) is 18.2 Å². The SMILES string of the molecule is NCCC[C@H](N)c1cc(Cl)ccc1[N+](=O)[O-]. The molecule has 0 saturated heterocycles. The molecule has 1 aromatic carbocycles. The number of nitrogens with two attached hydrogens (primary N) is 2. The fourth-order valence-electron chi connectivity index (χ4n) is 1.48. The van der Waals surface area contributed by atoms with E-state index in [1.807, 2.05) is 0 Å². The van der Waals surface area contributed by atoms with Crippen LogP contribution >= 0.6 is 11.6 Å². The van der Waals surface area contributed by atoms with Crippen molar-refractivity contribution in [3.05, 3.63) is 38.9 Å². The molecular formula is C10H14ClN3O2. The number of benzene rings is 1. The maximum absolute atomic E-state index is 10.8. The molecule has 0 radical (unpaired) electrons. The summed E-state index contributed by atoms with van der Waals surface area (Å²) in [4.78, 5) is 10.3. The summed E-state index contributed by atoms with van der Waals surface area (Å²) in [6.45, 7) is 0.516. The number of rotatable bonds is 5. The van der Waals surface area contributed by atoms with E-state index in [-0.39, 0.29) is 5.69 Å². The summed E-state index contributed by atoms with van der Waals surface area (Å²) in [6, 6.07) is 4.00. The number of hydrogen-bond acceptors (Lipinski definition) is 4. The van der Waals surface area contributed by atoms with Gasteiger partial charge < -0.3 is 11.5 Å². The van der Waals surface area contributed by atoms with Crippen molar-refractivity contribution in [2.75, 3.05) is 6.54 Å². The van der Waals surface area contributed by atoms with Crippen LogP contribution in [0, 0.1) is 10.1 Å². The van der Waals surface area contributed by atoms with Crippen LogP contribution in [0.2, 0.25) is 5.02 Å². The molecule has 0 fully saturated rings. The van der Waals surface area contributed by atoms with E-state index < -0.39 is 11.0 Å². The van der Waals surface area contributed by atoms with Gasteiger partial charge in [0.2, 0.25) is 0 Å². The zero-order valence-corrected chi connectivity index (χ0v) is 9.48. The Morgan fingerprint density at radius 2 is 2.19 bits per heavy atom. The smallest absolute Gasteiger partial charge is 0.274 e. The molecule has 0 bridgehead atoms. The Balaban J connectivity index is 2.99. The Morgan fingerprint density at radius 1 is 1.50 bits per heavy atom. The Bertz CT molecular complexity index is 384. The molecule has 0 saturated carbocycles. The lowest BCUT2D eigenvalue weighted by atomic mass is 10.0. The molecule has 1 atom stereocenters. The molecule has 0 heterocycles. The van der Waals surface area contributed by atoms with Gasteiger partial charge in [0, 0.05) is 22.7 Å². The van der Waals surface area contributed by atoms with Crippen molar-refractivity contribution in [1.29, 1.82) is 0 Å². The molecule has 4 N–H and O–H groups in total. The minimum absolute atomic E-state index is 0.00826. The average molecular weight is 244 g/mol. The van der Waals surface area contributed by atoms with Gasteiger partial charge in [0.25, 0.3) is 5.69 Å². The van der Waals surface area contributed by atoms with Crippen molar-refractivity contribution < 1.29 is 4.92 Å². The molecule has 0 spiro atoms. The summed E-state index contributed by atoms with van der Waals surface area (Å²) in [5.74, 6) is 0. The summed E-state index contributed by atoms with van der Waals surface area (Å²) in [6.07, 6.45) is 1.34. The van der Waals surface area contributed by atoms with Gasteiger partial charge in [0.05, 0.1) is 4.92 Å². The largest absolute Gasteiger partial charge is 0.330 e. The average Bonchev–Trinajstić information content (AvgIpc) is 2.25. The molecule has 0 unspecified atom stereocenters. The van der Waals surface area contributed by atoms with Crippen molar-refractivity contribution in [2.45, 2.75) is 18.9 Å². The normalized spacial score (nSPS) is 12.4. The van der Waals surface area contributed by atoms with Gasteiger partial charge in [-0.3, -0.25) is 10.1 Å². The third kappa shape index (κ3) is 3.16. The second-order valence-corrected chi connectivity index (χ2v) is 3.93. The van der Waals surface area contributed by atoms with Gasteiger partial charge in [-0.15, -0.1) is 0 Å². The van der Waals surface area contributed by atoms with Gasteiger partial charge in [-0.25, -0.2) is 0 Å². The van der Waals surface area contributed by atoms with Gasteiger partial charge in [0.1, 0.15) is 0 Å². The first-order valence-electron chi connectivity index (χ1n) is 4.95. The molecule has 1 aromatic rings. The van der Waals surface area contributed by atoms with E-state index >= 15 is 0 Å². The fraction of sp³-hybridized carbons (Fsp3) is 0.400. The van der Waals surface area contributed by atoms with Crippen LogP contribution in [0.5, 0.6) is 0 Å². The summed E-state index contributed by atoms with van der Waals surface area (Å²) in [5.41, 5.74) is 11.7. The Morgan fingerprint density at radius 3 is 2.75 bits per heavy atom. The lowest BCUT2D eigenvalue weighted by molar-refractivity contribution is -0.385. The van der Waals surface area contributed by atoms with Gasteiger partial charge in [0.15, 0.2) is 0 Å². The van der Waals surface area contributed by atoms with E-state index in [1.54, 1.807) is 6.07 Å². The van der Waals surface area contributed by atoms with Gasteiger partial charge in [-0.1, -0.05) is 11.6 Å². The van der Waals surface area contributed by atoms with Crippen LogP contribution in [-0.4, -0.2) is 11.5 Å². The number of nitro benzene ring substituents is 1. The molecule has 0 aromatic heterocycles. The Hall–Kier alpha value is -1.17. The van der Waals surface area contributed by atoms with Crippen molar-refractivity contribution in [3.63, 3.8) is 0 Å². The van der Waals surface area contributed by atoms with E-state index in [9.17, 15) is 10.1 Å². The minimum Gasteiger partial charge on any atom is -0.330 e. The van der Waals surface area contributed by atoms with E-state index in [0.717, 1.165) is 6.42 Å². The van der Waals surface area contributed by atoms with Crippen LogP contribution in [-0.2, 0) is 0 Å². The maximum atomic E-state index is 10.8. The molecule has 88 valence electrons. The zero-order chi connectivity index (χ0) is 12.1. The summed E-state index contributed by atoms with van der Waals surface area (Å²) < 4.78 is 0. The highest BCUT2D eigenvalue weighted by Crippen LogP contribution is 2.29. The molecule has 0 aliphatic heterocycles. The minimum atomic E-state index is -0.450. The lowest BCUT2D eigenvalue weighted by Gasteiger charge is -2.11. The fourth-order valence-corrected chi connectivity index (χ4v) is 1.66. The molecular weight excluding hydrogens is 230 g/mol. The van der Waals surface area contributed by atoms with Gasteiger partial charge in [-0.05, 0) is 31.5 Å². The summed E-state index contributed by atoms with van der Waals surface area (Å²) in [5, 5.41) is 11.2. The Kier molecular flexibility index (Phi) is 4.67. The van der Waals surface area contributed by atoms with Crippen molar-refractivity contribution in [2.24, 2.45) is 11.5 Å². The molecule has 0 aliphatic carbocycles. The molecule has 16 heavy (non-hydrogen) atoms. The highest BCUT2D eigenvalue weighted by Gasteiger charge is 2.19. The zero-order valence-electron chi connectivity index (χ0n) is 8.73. The number of hydrogen-bond donors (Lipinski definition) is 2. The summed E-state index contributed by atoms with van der Waals surface area (Å²) >= 11 is 5.80. The molecule has 1 rings (SSSR count). The van der Waals surface area contributed by atoms with Crippen LogP contribution in [0.3, 0.4) is 0 Å². The van der Waals surface area contributed by atoms with E-state index in [4.69, 9.17) is 23.1 Å². The third-order valence-corrected chi connectivity index (χ3v) is 2.54. The third-order valence-electron chi connectivity index (χ3n) is 2.30. The van der Waals surface area contributed by atoms with Gasteiger partial charge >= 0.3 is 0 Å². The summed E-state index contributed by atoms with van der Waals surface area (Å²) in [7, 11) is 0. The highest BCUT2D eigenvalue weighted by molar-refractivity contribution is 6.30. The van der Waals surface area contributed by atoms with Crippen LogP contribution in [0.25, 0.3) is 0 Å². The van der Waals surface area contributed by atoms with E-state index in [2.05, 4.69) is 0 Å². The van der Waals surface area contributed by atoms with Crippen LogP contribution < -0.4 is 11.5 Å². The predicted molar refractivity (Wildman–Crippen MR) is 63.3 cm³/mol. The standard InChI is InChI=1S/C10H14ClN3O2/c11-7-3-4-10(14(15)16)8(6-7)9(13)2-1-5-12/h3-4,6,9H,1-2,5,12-13H2/t9-/m0/s1. The van der Waals surface area contributed by atoms with E-state index in [0.29, 0.717) is 23.6 Å². The van der Waals surface area contributed by atoms with Crippen molar-refractivity contribution in [1.82, 2.24) is 0 Å². The topological polar surface area (TPSA) is 95.2 Å². The maximum Gasteiger partial charge on any atom is 0.274 e. The second-order valence-electron chi connectivity index (χ2n) is 3.50. The molecule has 6 heteroatoms. The van der Waals surface area contributed by atoms with Crippen LogP contribution in [0.1, 0.15) is 24.4 Å². The monoisotopic (exact) mass is 243 g/mol.